The molecule has 2 rings (SSSR count). The Bertz CT molecular complexity index is 595. The van der Waals surface area contributed by atoms with E-state index in [1.165, 1.54) is 7.11 Å². The second-order valence-corrected chi connectivity index (χ2v) is 5.74. The fraction of sp³-hybridized carbons (Fsp3) is 0.375. The molecule has 1 amide bonds. The summed E-state index contributed by atoms with van der Waals surface area (Å²) in [7, 11) is 3.09. The van der Waals surface area contributed by atoms with E-state index in [0.717, 1.165) is 11.3 Å². The minimum Gasteiger partial charge on any atom is -0.497 e. The zero-order valence-electron chi connectivity index (χ0n) is 13.0. The highest BCUT2D eigenvalue weighted by Gasteiger charge is 2.45. The van der Waals surface area contributed by atoms with E-state index in [1.807, 2.05) is 51.1 Å². The van der Waals surface area contributed by atoms with E-state index in [1.54, 1.807) is 12.0 Å². The molecular weight excluding hydrogens is 268 g/mol. The van der Waals surface area contributed by atoms with Crippen LogP contribution in [0.15, 0.2) is 35.0 Å². The molecule has 0 N–H and O–H groups in total. The molecule has 0 atom stereocenters. The Balaban J connectivity index is 2.32. The Hall–Kier alpha value is -2.30. The molecule has 0 unspecified atom stereocenters. The summed E-state index contributed by atoms with van der Waals surface area (Å²) in [5, 5.41) is 3.97. The van der Waals surface area contributed by atoms with E-state index in [0.29, 0.717) is 11.4 Å². The highest BCUT2D eigenvalue weighted by atomic mass is 16.6. The third-order valence-electron chi connectivity index (χ3n) is 3.16. The molecule has 112 valence electrons. The van der Waals surface area contributed by atoms with Crippen LogP contribution in [0, 0.1) is 0 Å². The molecule has 1 aromatic carbocycles. The van der Waals surface area contributed by atoms with Gasteiger partial charge in [0.2, 0.25) is 0 Å². The Kier molecular flexibility index (Phi) is 4.02. The normalized spacial score (nSPS) is 18.9. The first-order valence-electron chi connectivity index (χ1n) is 6.70. The molecule has 0 saturated carbocycles. The van der Waals surface area contributed by atoms with Crippen molar-refractivity contribution in [1.82, 2.24) is 4.90 Å². The van der Waals surface area contributed by atoms with Crippen LogP contribution in [0.3, 0.4) is 0 Å². The Morgan fingerprint density at radius 2 is 1.76 bits per heavy atom. The van der Waals surface area contributed by atoms with Gasteiger partial charge in [0.25, 0.3) is 5.91 Å². The maximum absolute atomic E-state index is 12.3. The number of oxime groups is 1. The van der Waals surface area contributed by atoms with E-state index in [4.69, 9.17) is 9.57 Å². The number of β-lactam (4-membered cyclic amide) rings is 1. The topological polar surface area (TPSA) is 51.1 Å². The molecule has 0 bridgehead atoms. The van der Waals surface area contributed by atoms with Crippen LogP contribution < -0.4 is 4.74 Å². The summed E-state index contributed by atoms with van der Waals surface area (Å²) in [5.74, 6) is 1.29. The second kappa shape index (κ2) is 5.60. The molecule has 0 radical (unpaired) electrons. The summed E-state index contributed by atoms with van der Waals surface area (Å²) in [6.45, 7) is 5.88. The smallest absolute Gasteiger partial charge is 0.263 e. The number of methoxy groups -OCH3 is 1. The van der Waals surface area contributed by atoms with Crippen LogP contribution >= 0.6 is 0 Å². The average Bonchev–Trinajstić information content (AvgIpc) is 2.43. The number of amides is 1. The number of benzene rings is 1. The number of carbonyl (C=O) groups is 1. The van der Waals surface area contributed by atoms with E-state index >= 15 is 0 Å². The lowest BCUT2D eigenvalue weighted by Crippen LogP contribution is -2.60. The largest absolute Gasteiger partial charge is 0.497 e. The lowest BCUT2D eigenvalue weighted by molar-refractivity contribution is -0.129. The minimum absolute atomic E-state index is 0.0471. The summed E-state index contributed by atoms with van der Waals surface area (Å²) in [4.78, 5) is 18.8. The van der Waals surface area contributed by atoms with Crippen molar-refractivity contribution < 1.29 is 14.4 Å². The standard InChI is InChI=1S/C16H20N2O3/c1-16(2,3)18-14(17-21-5)13(15(18)19)10-11-6-8-12(20-4)9-7-11/h6-10H,1-5H3/b13-10+,17-14?. The molecule has 0 aromatic heterocycles. The molecule has 0 aliphatic carbocycles. The summed E-state index contributed by atoms with van der Waals surface area (Å²) in [5.41, 5.74) is 1.14. The number of nitrogens with zero attached hydrogens (tertiary/aromatic N) is 2. The zero-order chi connectivity index (χ0) is 15.6. The predicted molar refractivity (Wildman–Crippen MR) is 82.0 cm³/mol. The summed E-state index contributed by atoms with van der Waals surface area (Å²) in [6.07, 6.45) is 1.81. The van der Waals surface area contributed by atoms with Gasteiger partial charge in [-0.1, -0.05) is 17.3 Å². The van der Waals surface area contributed by atoms with Gasteiger partial charge in [0, 0.05) is 5.54 Å². The van der Waals surface area contributed by atoms with Crippen LogP contribution in [0.5, 0.6) is 5.75 Å². The molecule has 21 heavy (non-hydrogen) atoms. The van der Waals surface area contributed by atoms with E-state index < -0.39 is 0 Å². The predicted octanol–water partition coefficient (Wildman–Crippen LogP) is 2.68. The number of likely N-dealkylation sites (tertiary alicyclic amines) is 1. The van der Waals surface area contributed by atoms with Crippen LogP contribution in [-0.4, -0.2) is 36.4 Å². The molecule has 1 aromatic rings. The van der Waals surface area contributed by atoms with Crippen LogP contribution in [0.4, 0.5) is 0 Å². The van der Waals surface area contributed by atoms with Crippen LogP contribution in [-0.2, 0) is 9.63 Å². The Morgan fingerprint density at radius 3 is 2.24 bits per heavy atom. The van der Waals surface area contributed by atoms with Gasteiger partial charge in [-0.2, -0.15) is 0 Å². The van der Waals surface area contributed by atoms with Gasteiger partial charge in [-0.3, -0.25) is 9.69 Å². The highest BCUT2D eigenvalue weighted by Crippen LogP contribution is 2.31. The zero-order valence-corrected chi connectivity index (χ0v) is 13.0. The van der Waals surface area contributed by atoms with Gasteiger partial charge in [-0.05, 0) is 44.5 Å². The van der Waals surface area contributed by atoms with E-state index in [2.05, 4.69) is 5.16 Å². The molecule has 1 saturated heterocycles. The number of amidine groups is 1. The van der Waals surface area contributed by atoms with Crippen molar-refractivity contribution in [3.63, 3.8) is 0 Å². The monoisotopic (exact) mass is 288 g/mol. The van der Waals surface area contributed by atoms with Crippen molar-refractivity contribution in [3.05, 3.63) is 35.4 Å². The van der Waals surface area contributed by atoms with Crippen molar-refractivity contribution in [3.8, 4) is 5.75 Å². The van der Waals surface area contributed by atoms with E-state index in [9.17, 15) is 4.79 Å². The molecule has 1 fully saturated rings. The fourth-order valence-corrected chi connectivity index (χ4v) is 2.17. The first-order chi connectivity index (χ1) is 9.88. The Morgan fingerprint density at radius 1 is 1.14 bits per heavy atom. The van der Waals surface area contributed by atoms with Crippen LogP contribution in [0.1, 0.15) is 26.3 Å². The van der Waals surface area contributed by atoms with Crippen molar-refractivity contribution >= 4 is 17.8 Å². The SMILES string of the molecule is CON=C1/C(=C\c2ccc(OC)cc2)C(=O)N1C(C)(C)C. The van der Waals surface area contributed by atoms with Crippen molar-refractivity contribution in [2.45, 2.75) is 26.3 Å². The number of rotatable bonds is 3. The van der Waals surface area contributed by atoms with Gasteiger partial charge < -0.3 is 9.57 Å². The number of hydrogen-bond acceptors (Lipinski definition) is 4. The molecule has 5 heteroatoms. The van der Waals surface area contributed by atoms with Crippen molar-refractivity contribution in [2.75, 3.05) is 14.2 Å². The van der Waals surface area contributed by atoms with Gasteiger partial charge in [-0.25, -0.2) is 0 Å². The molecule has 1 heterocycles. The maximum atomic E-state index is 12.3. The summed E-state index contributed by atoms with van der Waals surface area (Å²) in [6, 6.07) is 7.49. The maximum Gasteiger partial charge on any atom is 0.263 e. The van der Waals surface area contributed by atoms with Crippen molar-refractivity contribution in [1.29, 1.82) is 0 Å². The number of carbonyl (C=O) groups excluding carboxylic acids is 1. The van der Waals surface area contributed by atoms with Gasteiger partial charge in [0.1, 0.15) is 12.9 Å². The first kappa shape index (κ1) is 15.1. The van der Waals surface area contributed by atoms with Gasteiger partial charge in [0.05, 0.1) is 12.7 Å². The highest BCUT2D eigenvalue weighted by molar-refractivity contribution is 6.38. The molecule has 1 aliphatic rings. The van der Waals surface area contributed by atoms with Gasteiger partial charge >= 0.3 is 0 Å². The Labute approximate surface area is 124 Å². The number of ether oxygens (including phenoxy) is 1. The van der Waals surface area contributed by atoms with Gasteiger partial charge in [-0.15, -0.1) is 0 Å². The first-order valence-corrected chi connectivity index (χ1v) is 6.70. The molecule has 0 spiro atoms. The van der Waals surface area contributed by atoms with Crippen LogP contribution in [0.25, 0.3) is 6.08 Å². The quantitative estimate of drug-likeness (QED) is 0.488. The van der Waals surface area contributed by atoms with E-state index in [-0.39, 0.29) is 11.4 Å². The summed E-state index contributed by atoms with van der Waals surface area (Å²) < 4.78 is 5.12. The molecular formula is C16H20N2O3. The third kappa shape index (κ3) is 2.91. The fourth-order valence-electron chi connectivity index (χ4n) is 2.17. The summed E-state index contributed by atoms with van der Waals surface area (Å²) >= 11 is 0. The third-order valence-corrected chi connectivity index (χ3v) is 3.16. The minimum atomic E-state index is -0.328. The van der Waals surface area contributed by atoms with Crippen molar-refractivity contribution in [2.24, 2.45) is 5.16 Å². The second-order valence-electron chi connectivity index (χ2n) is 5.74. The van der Waals surface area contributed by atoms with Gasteiger partial charge in [0.15, 0.2) is 5.84 Å². The van der Waals surface area contributed by atoms with Crippen LogP contribution in [0.2, 0.25) is 0 Å². The average molecular weight is 288 g/mol. The number of hydrogen-bond donors (Lipinski definition) is 0. The molecule has 5 nitrogen and oxygen atoms in total. The lowest BCUT2D eigenvalue weighted by atomic mass is 9.93. The lowest BCUT2D eigenvalue weighted by Gasteiger charge is -2.43. The molecule has 1 aliphatic heterocycles.